The Bertz CT molecular complexity index is 337. The lowest BCUT2D eigenvalue weighted by molar-refractivity contribution is -0.138. The first-order chi connectivity index (χ1) is 6.61. The lowest BCUT2D eigenvalue weighted by Crippen LogP contribution is -2.38. The van der Waals surface area contributed by atoms with Crippen LogP contribution in [0.5, 0.6) is 0 Å². The first-order valence-corrected chi connectivity index (χ1v) is 4.06. The third-order valence-electron chi connectivity index (χ3n) is 1.62. The maximum atomic E-state index is 11.3. The molecule has 1 aromatic rings. The molecule has 0 aliphatic carbocycles. The van der Waals surface area contributed by atoms with Crippen molar-refractivity contribution in [1.82, 2.24) is 10.3 Å². The molecule has 0 spiro atoms. The van der Waals surface area contributed by atoms with E-state index in [2.05, 4.69) is 10.3 Å². The smallest absolute Gasteiger partial charge is 0.325 e. The zero-order valence-corrected chi connectivity index (χ0v) is 7.60. The average molecular weight is 194 g/mol. The van der Waals surface area contributed by atoms with E-state index in [4.69, 9.17) is 5.11 Å². The van der Waals surface area contributed by atoms with Crippen LogP contribution in [0.15, 0.2) is 24.4 Å². The number of carboxylic acids is 1. The molecule has 5 nitrogen and oxygen atoms in total. The highest BCUT2D eigenvalue weighted by Gasteiger charge is 2.15. The largest absolute Gasteiger partial charge is 0.480 e. The molecule has 0 radical (unpaired) electrons. The van der Waals surface area contributed by atoms with E-state index in [9.17, 15) is 9.59 Å². The minimum absolute atomic E-state index is 0.209. The molecule has 1 rings (SSSR count). The van der Waals surface area contributed by atoms with Gasteiger partial charge in [0.1, 0.15) is 11.7 Å². The Morgan fingerprint density at radius 1 is 1.50 bits per heavy atom. The van der Waals surface area contributed by atoms with Crippen molar-refractivity contribution in [3.05, 3.63) is 30.1 Å². The van der Waals surface area contributed by atoms with Gasteiger partial charge in [-0.3, -0.25) is 14.6 Å². The van der Waals surface area contributed by atoms with Crippen LogP contribution in [0.1, 0.15) is 17.4 Å². The van der Waals surface area contributed by atoms with Gasteiger partial charge in [-0.2, -0.15) is 0 Å². The molecular formula is C9H10N2O3. The summed E-state index contributed by atoms with van der Waals surface area (Å²) in [5.41, 5.74) is 0.209. The maximum Gasteiger partial charge on any atom is 0.325 e. The Labute approximate surface area is 80.8 Å². The van der Waals surface area contributed by atoms with Gasteiger partial charge in [0.25, 0.3) is 5.91 Å². The molecule has 5 heteroatoms. The van der Waals surface area contributed by atoms with Gasteiger partial charge < -0.3 is 10.4 Å². The average Bonchev–Trinajstić information content (AvgIpc) is 2.19. The Hall–Kier alpha value is -1.91. The third kappa shape index (κ3) is 2.55. The topological polar surface area (TPSA) is 79.3 Å². The highest BCUT2D eigenvalue weighted by molar-refractivity contribution is 5.94. The van der Waals surface area contributed by atoms with Crippen molar-refractivity contribution in [3.8, 4) is 0 Å². The number of carboxylic acid groups (broad SMARTS) is 1. The van der Waals surface area contributed by atoms with Crippen LogP contribution in [0.2, 0.25) is 0 Å². The summed E-state index contributed by atoms with van der Waals surface area (Å²) in [6.07, 6.45) is 1.47. The molecule has 0 aromatic carbocycles. The molecule has 1 heterocycles. The number of nitrogens with one attached hydrogen (secondary N) is 1. The Kier molecular flexibility index (Phi) is 3.17. The van der Waals surface area contributed by atoms with Crippen LogP contribution in [-0.4, -0.2) is 28.0 Å². The molecule has 0 saturated heterocycles. The van der Waals surface area contributed by atoms with E-state index in [-0.39, 0.29) is 5.69 Å². The van der Waals surface area contributed by atoms with Crippen molar-refractivity contribution in [2.24, 2.45) is 0 Å². The molecule has 0 aliphatic rings. The predicted molar refractivity (Wildman–Crippen MR) is 48.8 cm³/mol. The van der Waals surface area contributed by atoms with Gasteiger partial charge in [0.05, 0.1) is 0 Å². The molecule has 0 fully saturated rings. The summed E-state index contributed by atoms with van der Waals surface area (Å²) in [5.74, 6) is -1.56. The summed E-state index contributed by atoms with van der Waals surface area (Å²) >= 11 is 0. The highest BCUT2D eigenvalue weighted by Crippen LogP contribution is 1.94. The van der Waals surface area contributed by atoms with Crippen molar-refractivity contribution in [2.45, 2.75) is 13.0 Å². The molecule has 0 saturated carbocycles. The molecule has 0 unspecified atom stereocenters. The van der Waals surface area contributed by atoms with E-state index < -0.39 is 17.9 Å². The molecule has 74 valence electrons. The second-order valence-corrected chi connectivity index (χ2v) is 2.75. The number of aromatic nitrogens is 1. The molecule has 1 atom stereocenters. The van der Waals surface area contributed by atoms with E-state index in [0.717, 1.165) is 0 Å². The standard InChI is InChI=1S/C9H10N2O3/c1-6(9(13)14)11-8(12)7-4-2-3-5-10-7/h2-6H,1H3,(H,11,12)(H,13,14)/t6-/m0/s1. The summed E-state index contributed by atoms with van der Waals surface area (Å²) in [6, 6.07) is 3.94. The molecule has 1 amide bonds. The zero-order valence-electron chi connectivity index (χ0n) is 7.60. The van der Waals surface area contributed by atoms with Gasteiger partial charge in [-0.05, 0) is 19.1 Å². The van der Waals surface area contributed by atoms with E-state index in [1.165, 1.54) is 19.2 Å². The van der Waals surface area contributed by atoms with E-state index in [1.807, 2.05) is 0 Å². The van der Waals surface area contributed by atoms with Crippen LogP contribution in [-0.2, 0) is 4.79 Å². The van der Waals surface area contributed by atoms with E-state index in [0.29, 0.717) is 0 Å². The van der Waals surface area contributed by atoms with Crippen LogP contribution in [0.4, 0.5) is 0 Å². The van der Waals surface area contributed by atoms with Crippen LogP contribution in [0.25, 0.3) is 0 Å². The highest BCUT2D eigenvalue weighted by atomic mass is 16.4. The molecule has 14 heavy (non-hydrogen) atoms. The van der Waals surface area contributed by atoms with Gasteiger partial charge in [-0.15, -0.1) is 0 Å². The number of nitrogens with zero attached hydrogens (tertiary/aromatic N) is 1. The fraction of sp³-hybridized carbons (Fsp3) is 0.222. The van der Waals surface area contributed by atoms with Crippen LogP contribution in [0.3, 0.4) is 0 Å². The minimum atomic E-state index is -1.07. The van der Waals surface area contributed by atoms with Crippen molar-refractivity contribution in [1.29, 1.82) is 0 Å². The van der Waals surface area contributed by atoms with Crippen molar-refractivity contribution >= 4 is 11.9 Å². The van der Waals surface area contributed by atoms with Crippen molar-refractivity contribution in [3.63, 3.8) is 0 Å². The number of carbonyl (C=O) groups excluding carboxylic acids is 1. The number of aliphatic carboxylic acids is 1. The van der Waals surface area contributed by atoms with Gasteiger partial charge in [0, 0.05) is 6.20 Å². The summed E-state index contributed by atoms with van der Waals surface area (Å²) in [6.45, 7) is 1.39. The number of rotatable bonds is 3. The lowest BCUT2D eigenvalue weighted by atomic mass is 10.3. The van der Waals surface area contributed by atoms with Crippen molar-refractivity contribution < 1.29 is 14.7 Å². The normalized spacial score (nSPS) is 11.8. The van der Waals surface area contributed by atoms with Gasteiger partial charge in [0.15, 0.2) is 0 Å². The first kappa shape index (κ1) is 10.2. The minimum Gasteiger partial charge on any atom is -0.480 e. The quantitative estimate of drug-likeness (QED) is 0.724. The van der Waals surface area contributed by atoms with E-state index >= 15 is 0 Å². The SMILES string of the molecule is C[C@H](NC(=O)c1ccccn1)C(=O)O. The Morgan fingerprint density at radius 3 is 2.71 bits per heavy atom. The Balaban J connectivity index is 2.64. The van der Waals surface area contributed by atoms with Gasteiger partial charge in [-0.25, -0.2) is 0 Å². The summed E-state index contributed by atoms with van der Waals surface area (Å²) in [7, 11) is 0. The predicted octanol–water partition coefficient (Wildman–Crippen LogP) is 0.284. The molecule has 0 bridgehead atoms. The van der Waals surface area contributed by atoms with E-state index in [1.54, 1.807) is 12.1 Å². The zero-order chi connectivity index (χ0) is 10.6. The van der Waals surface area contributed by atoms with Crippen LogP contribution in [0, 0.1) is 0 Å². The number of carbonyl (C=O) groups is 2. The second kappa shape index (κ2) is 4.36. The second-order valence-electron chi connectivity index (χ2n) is 2.75. The summed E-state index contributed by atoms with van der Waals surface area (Å²) < 4.78 is 0. The molecule has 2 N–H and O–H groups in total. The van der Waals surface area contributed by atoms with Crippen molar-refractivity contribution in [2.75, 3.05) is 0 Å². The van der Waals surface area contributed by atoms with Gasteiger partial charge in [0.2, 0.25) is 0 Å². The molecular weight excluding hydrogens is 184 g/mol. The number of hydrogen-bond acceptors (Lipinski definition) is 3. The lowest BCUT2D eigenvalue weighted by Gasteiger charge is -2.07. The third-order valence-corrected chi connectivity index (χ3v) is 1.62. The van der Waals surface area contributed by atoms with Gasteiger partial charge in [-0.1, -0.05) is 6.07 Å². The summed E-state index contributed by atoms with van der Waals surface area (Å²) in [4.78, 5) is 25.5. The molecule has 1 aromatic heterocycles. The summed E-state index contributed by atoms with van der Waals surface area (Å²) in [5, 5.41) is 10.8. The number of hydrogen-bond donors (Lipinski definition) is 2. The monoisotopic (exact) mass is 194 g/mol. The first-order valence-electron chi connectivity index (χ1n) is 4.06. The van der Waals surface area contributed by atoms with Gasteiger partial charge >= 0.3 is 5.97 Å². The maximum absolute atomic E-state index is 11.3. The fourth-order valence-electron chi connectivity index (χ4n) is 0.829. The molecule has 0 aliphatic heterocycles. The number of pyridine rings is 1. The van der Waals surface area contributed by atoms with Crippen LogP contribution < -0.4 is 5.32 Å². The van der Waals surface area contributed by atoms with Crippen LogP contribution >= 0.6 is 0 Å². The Morgan fingerprint density at radius 2 is 2.21 bits per heavy atom. The fourth-order valence-corrected chi connectivity index (χ4v) is 0.829. The number of amides is 1.